The second-order valence-electron chi connectivity index (χ2n) is 4.34. The summed E-state index contributed by atoms with van der Waals surface area (Å²) in [6.07, 6.45) is 1.40. The number of aromatic carboxylic acids is 1. The van der Waals surface area contributed by atoms with Gasteiger partial charge in [0.15, 0.2) is 0 Å². The maximum atomic E-state index is 14.0. The minimum absolute atomic E-state index is 0.0701. The van der Waals surface area contributed by atoms with Crippen LogP contribution in [0.2, 0.25) is 5.15 Å². The van der Waals surface area contributed by atoms with Crippen molar-refractivity contribution in [1.29, 1.82) is 0 Å². The molecule has 3 aromatic rings. The molecule has 0 radical (unpaired) electrons. The molecule has 3 rings (SSSR count). The lowest BCUT2D eigenvalue weighted by Gasteiger charge is -2.07. The van der Waals surface area contributed by atoms with Crippen LogP contribution in [0.5, 0.6) is 0 Å². The Morgan fingerprint density at radius 1 is 1.41 bits per heavy atom. The Bertz CT molecular complexity index is 897. The summed E-state index contributed by atoms with van der Waals surface area (Å²) in [7, 11) is 0. The van der Waals surface area contributed by atoms with Crippen molar-refractivity contribution in [3.05, 3.63) is 50.8 Å². The van der Waals surface area contributed by atoms with Gasteiger partial charge in [-0.05, 0) is 46.9 Å². The SMILES string of the molecule is O=C(O)c1oc2ccnc(Cl)c2c1Nc1ccc(I)cc1F. The van der Waals surface area contributed by atoms with Gasteiger partial charge >= 0.3 is 5.97 Å². The molecule has 0 amide bonds. The molecule has 5 nitrogen and oxygen atoms in total. The summed E-state index contributed by atoms with van der Waals surface area (Å²) in [6, 6.07) is 6.01. The van der Waals surface area contributed by atoms with E-state index in [1.807, 2.05) is 22.6 Å². The van der Waals surface area contributed by atoms with Gasteiger partial charge in [0.1, 0.15) is 22.2 Å². The van der Waals surface area contributed by atoms with Crippen LogP contribution in [0, 0.1) is 9.39 Å². The number of nitrogens with zero attached hydrogens (tertiary/aromatic N) is 1. The number of rotatable bonds is 3. The van der Waals surface area contributed by atoms with Gasteiger partial charge in [-0.1, -0.05) is 11.6 Å². The molecule has 0 fully saturated rings. The average molecular weight is 433 g/mol. The van der Waals surface area contributed by atoms with Crippen LogP contribution in [0.15, 0.2) is 34.9 Å². The highest BCUT2D eigenvalue weighted by Gasteiger charge is 2.23. The van der Waals surface area contributed by atoms with E-state index in [0.717, 1.165) is 3.57 Å². The maximum Gasteiger partial charge on any atom is 0.374 e. The van der Waals surface area contributed by atoms with Crippen molar-refractivity contribution in [3.8, 4) is 0 Å². The van der Waals surface area contributed by atoms with Crippen molar-refractivity contribution < 1.29 is 18.7 Å². The average Bonchev–Trinajstić information content (AvgIpc) is 2.82. The predicted octanol–water partition coefficient (Wildman–Crippen LogP) is 4.67. The molecule has 0 aliphatic carbocycles. The molecule has 0 saturated heterocycles. The second-order valence-corrected chi connectivity index (χ2v) is 5.94. The largest absolute Gasteiger partial charge is 0.475 e. The van der Waals surface area contributed by atoms with E-state index in [0.29, 0.717) is 5.39 Å². The summed E-state index contributed by atoms with van der Waals surface area (Å²) in [5.41, 5.74) is 0.442. The molecule has 8 heteroatoms. The van der Waals surface area contributed by atoms with Crippen LogP contribution in [0.1, 0.15) is 10.6 Å². The molecule has 22 heavy (non-hydrogen) atoms. The molecule has 0 atom stereocenters. The highest BCUT2D eigenvalue weighted by molar-refractivity contribution is 14.1. The van der Waals surface area contributed by atoms with Gasteiger partial charge in [-0.2, -0.15) is 0 Å². The molecule has 0 aliphatic heterocycles. The Labute approximate surface area is 142 Å². The van der Waals surface area contributed by atoms with Crippen LogP contribution in [0.4, 0.5) is 15.8 Å². The first-order valence-electron chi connectivity index (χ1n) is 5.99. The van der Waals surface area contributed by atoms with Crippen LogP contribution >= 0.6 is 34.2 Å². The molecular formula is C14H7ClFIN2O3. The number of halogens is 3. The summed E-state index contributed by atoms with van der Waals surface area (Å²) in [6.45, 7) is 0. The first kappa shape index (κ1) is 15.0. The summed E-state index contributed by atoms with van der Waals surface area (Å²) < 4.78 is 20.0. The maximum absolute atomic E-state index is 14.0. The first-order valence-corrected chi connectivity index (χ1v) is 7.45. The highest BCUT2D eigenvalue weighted by Crippen LogP contribution is 2.37. The number of carbonyl (C=O) groups is 1. The number of furan rings is 1. The molecule has 112 valence electrons. The second kappa shape index (κ2) is 5.73. The molecule has 0 aliphatic rings. The zero-order valence-electron chi connectivity index (χ0n) is 10.7. The van der Waals surface area contributed by atoms with E-state index in [2.05, 4.69) is 10.3 Å². The standard InChI is InChI=1S/C14H7ClFIN2O3/c15-13-10-9(3-4-18-13)22-12(14(20)21)11(10)19-8-2-1-6(17)5-7(8)16/h1-5,19H,(H,20,21). The summed E-state index contributed by atoms with van der Waals surface area (Å²) >= 11 is 7.99. The van der Waals surface area contributed by atoms with Crippen LogP contribution in [0.25, 0.3) is 11.0 Å². The fourth-order valence-corrected chi connectivity index (χ4v) is 2.70. The zero-order chi connectivity index (χ0) is 15.9. The van der Waals surface area contributed by atoms with Gasteiger partial charge in [-0.3, -0.25) is 0 Å². The van der Waals surface area contributed by atoms with E-state index in [4.69, 9.17) is 16.0 Å². The summed E-state index contributed by atoms with van der Waals surface area (Å²) in [5.74, 6) is -2.17. The van der Waals surface area contributed by atoms with Crippen LogP contribution < -0.4 is 5.32 Å². The third-order valence-corrected chi connectivity index (χ3v) is 3.90. The monoisotopic (exact) mass is 432 g/mol. The number of hydrogen-bond donors (Lipinski definition) is 2. The number of anilines is 2. The molecule has 0 unspecified atom stereocenters. The van der Waals surface area contributed by atoms with E-state index in [1.165, 1.54) is 24.4 Å². The predicted molar refractivity (Wildman–Crippen MR) is 88.4 cm³/mol. The number of carboxylic acids is 1. The van der Waals surface area contributed by atoms with Crippen molar-refractivity contribution in [1.82, 2.24) is 4.98 Å². The fourth-order valence-electron chi connectivity index (χ4n) is 2.00. The van der Waals surface area contributed by atoms with Crippen molar-refractivity contribution in [2.45, 2.75) is 0 Å². The van der Waals surface area contributed by atoms with Crippen LogP contribution in [0.3, 0.4) is 0 Å². The van der Waals surface area contributed by atoms with Crippen LogP contribution in [-0.2, 0) is 0 Å². The minimum atomic E-state index is -1.29. The van der Waals surface area contributed by atoms with E-state index in [9.17, 15) is 14.3 Å². The lowest BCUT2D eigenvalue weighted by molar-refractivity contribution is 0.0666. The lowest BCUT2D eigenvalue weighted by Crippen LogP contribution is -2.01. The van der Waals surface area contributed by atoms with Gasteiger partial charge in [-0.15, -0.1) is 0 Å². The molecule has 2 heterocycles. The normalized spacial score (nSPS) is 10.9. The molecule has 0 bridgehead atoms. The van der Waals surface area contributed by atoms with E-state index in [-0.39, 0.29) is 27.9 Å². The Balaban J connectivity index is 2.20. The molecular weight excluding hydrogens is 426 g/mol. The number of aromatic nitrogens is 1. The quantitative estimate of drug-likeness (QED) is 0.465. The third-order valence-electron chi connectivity index (χ3n) is 2.94. The molecule has 1 aromatic carbocycles. The van der Waals surface area contributed by atoms with E-state index < -0.39 is 11.8 Å². The van der Waals surface area contributed by atoms with Crippen molar-refractivity contribution in [2.24, 2.45) is 0 Å². The summed E-state index contributed by atoms with van der Waals surface area (Å²) in [4.78, 5) is 15.2. The van der Waals surface area contributed by atoms with Crippen molar-refractivity contribution >= 4 is 62.5 Å². The molecule has 2 aromatic heterocycles. The number of benzene rings is 1. The smallest absolute Gasteiger partial charge is 0.374 e. The van der Waals surface area contributed by atoms with Gasteiger partial charge in [0.2, 0.25) is 5.76 Å². The Morgan fingerprint density at radius 3 is 2.86 bits per heavy atom. The molecule has 0 saturated carbocycles. The van der Waals surface area contributed by atoms with Crippen molar-refractivity contribution in [2.75, 3.05) is 5.32 Å². The van der Waals surface area contributed by atoms with Gasteiger partial charge in [-0.25, -0.2) is 14.2 Å². The van der Waals surface area contributed by atoms with Gasteiger partial charge in [0.05, 0.1) is 11.1 Å². The van der Waals surface area contributed by atoms with Gasteiger partial charge in [0, 0.05) is 9.77 Å². The lowest BCUT2D eigenvalue weighted by atomic mass is 10.2. The topological polar surface area (TPSA) is 75.4 Å². The Morgan fingerprint density at radius 2 is 2.18 bits per heavy atom. The Hall–Kier alpha value is -1.87. The number of hydrogen-bond acceptors (Lipinski definition) is 4. The van der Waals surface area contributed by atoms with Crippen LogP contribution in [-0.4, -0.2) is 16.1 Å². The number of pyridine rings is 1. The van der Waals surface area contributed by atoms with Gasteiger partial charge in [0.25, 0.3) is 0 Å². The number of nitrogens with one attached hydrogen (secondary N) is 1. The van der Waals surface area contributed by atoms with E-state index in [1.54, 1.807) is 6.07 Å². The first-order chi connectivity index (χ1) is 10.5. The fraction of sp³-hybridized carbons (Fsp3) is 0. The molecule has 2 N–H and O–H groups in total. The summed E-state index contributed by atoms with van der Waals surface area (Å²) in [5, 5.41) is 12.4. The zero-order valence-corrected chi connectivity index (χ0v) is 13.6. The number of fused-ring (bicyclic) bond motifs is 1. The Kier molecular flexibility index (Phi) is 3.92. The minimum Gasteiger partial charge on any atom is -0.475 e. The van der Waals surface area contributed by atoms with Gasteiger partial charge < -0.3 is 14.8 Å². The highest BCUT2D eigenvalue weighted by atomic mass is 127. The molecule has 0 spiro atoms. The van der Waals surface area contributed by atoms with Crippen molar-refractivity contribution in [3.63, 3.8) is 0 Å². The third kappa shape index (κ3) is 2.61. The van der Waals surface area contributed by atoms with E-state index >= 15 is 0 Å². The number of carboxylic acid groups (broad SMARTS) is 1.